The van der Waals surface area contributed by atoms with Crippen LogP contribution in [0.3, 0.4) is 0 Å². The van der Waals surface area contributed by atoms with E-state index >= 15 is 0 Å². The summed E-state index contributed by atoms with van der Waals surface area (Å²) in [5.41, 5.74) is 5.08. The van der Waals surface area contributed by atoms with Crippen LogP contribution in [-0.2, 0) is 6.18 Å². The average Bonchev–Trinajstić information content (AvgIpc) is 3.25. The van der Waals surface area contributed by atoms with Crippen molar-refractivity contribution in [2.75, 3.05) is 19.4 Å². The minimum atomic E-state index is -4.71. The highest BCUT2D eigenvalue weighted by molar-refractivity contribution is 6.30. The molecular formula is C23H20ClF3N6O3. The molecule has 0 spiro atoms. The number of hydrogen-bond donors (Lipinski definition) is 3. The van der Waals surface area contributed by atoms with E-state index < -0.39 is 29.3 Å². The summed E-state index contributed by atoms with van der Waals surface area (Å²) in [4.78, 5) is 20.6. The highest BCUT2D eigenvalue weighted by Crippen LogP contribution is 2.39. The van der Waals surface area contributed by atoms with Crippen LogP contribution in [0.1, 0.15) is 34.0 Å². The van der Waals surface area contributed by atoms with Crippen LogP contribution in [0.5, 0.6) is 5.88 Å². The molecule has 0 bridgehead atoms. The van der Waals surface area contributed by atoms with E-state index in [1.807, 2.05) is 0 Å². The van der Waals surface area contributed by atoms with Crippen LogP contribution in [0, 0.1) is 0 Å². The lowest BCUT2D eigenvalue weighted by Crippen LogP contribution is -2.26. The Morgan fingerprint density at radius 1 is 1.25 bits per heavy atom. The van der Waals surface area contributed by atoms with Crippen molar-refractivity contribution in [3.8, 4) is 17.1 Å². The molecule has 36 heavy (non-hydrogen) atoms. The maximum Gasteiger partial charge on any atom is 0.418 e. The van der Waals surface area contributed by atoms with Crippen LogP contribution in [0.15, 0.2) is 48.9 Å². The maximum absolute atomic E-state index is 13.6. The minimum absolute atomic E-state index is 0.00814. The maximum atomic E-state index is 13.6. The van der Waals surface area contributed by atoms with E-state index in [2.05, 4.69) is 20.4 Å². The number of halogens is 4. The normalized spacial score (nSPS) is 12.5. The van der Waals surface area contributed by atoms with E-state index in [4.69, 9.17) is 22.1 Å². The van der Waals surface area contributed by atoms with Gasteiger partial charge in [-0.1, -0.05) is 23.7 Å². The fourth-order valence-electron chi connectivity index (χ4n) is 3.68. The Bertz CT molecular complexity index is 1410. The van der Waals surface area contributed by atoms with Crippen molar-refractivity contribution in [3.05, 3.63) is 70.6 Å². The largest absolute Gasteiger partial charge is 0.480 e. The molecule has 188 valence electrons. The van der Waals surface area contributed by atoms with Crippen molar-refractivity contribution in [1.82, 2.24) is 24.9 Å². The number of pyridine rings is 1. The summed E-state index contributed by atoms with van der Waals surface area (Å²) in [6.07, 6.45) is -3.06. The molecule has 13 heteroatoms. The number of methoxy groups -OCH3 is 1. The van der Waals surface area contributed by atoms with Crippen molar-refractivity contribution in [3.63, 3.8) is 0 Å². The van der Waals surface area contributed by atoms with Gasteiger partial charge in [0.1, 0.15) is 17.4 Å². The average molecular weight is 521 g/mol. The molecule has 3 aromatic heterocycles. The standard InChI is InChI=1S/C23H20ClF3N6O3/c1-36-22-15(21(35)29-7-6-18(34)12-2-4-14(24)5-3-12)8-13(10-30-22)17-9-16(23(25,26)27)19-20(28)31-11-32-33(17)19/h2-5,8-11,18,34H,6-7H2,1H3,(H,29,35)(H2,28,31,32). The number of nitrogens with two attached hydrogens (primary N) is 1. The molecule has 4 aromatic rings. The zero-order valence-corrected chi connectivity index (χ0v) is 19.5. The number of nitrogens with zero attached hydrogens (tertiary/aromatic N) is 4. The number of benzene rings is 1. The van der Waals surface area contributed by atoms with Gasteiger partial charge in [0.25, 0.3) is 5.91 Å². The molecule has 0 aliphatic carbocycles. The van der Waals surface area contributed by atoms with Gasteiger partial charge in [-0.25, -0.2) is 14.5 Å². The Morgan fingerprint density at radius 3 is 2.64 bits per heavy atom. The first-order valence-electron chi connectivity index (χ1n) is 10.6. The van der Waals surface area contributed by atoms with Crippen molar-refractivity contribution in [1.29, 1.82) is 0 Å². The molecule has 4 N–H and O–H groups in total. The van der Waals surface area contributed by atoms with Crippen molar-refractivity contribution < 1.29 is 27.8 Å². The number of amides is 1. The lowest BCUT2D eigenvalue weighted by Gasteiger charge is -2.13. The number of anilines is 1. The molecule has 1 unspecified atom stereocenters. The van der Waals surface area contributed by atoms with Crippen LogP contribution in [0.2, 0.25) is 5.02 Å². The first-order chi connectivity index (χ1) is 17.1. The second-order valence-electron chi connectivity index (χ2n) is 7.74. The number of nitrogen functional groups attached to an aromatic ring is 1. The summed E-state index contributed by atoms with van der Waals surface area (Å²) in [5, 5.41) is 17.4. The monoisotopic (exact) mass is 520 g/mol. The van der Waals surface area contributed by atoms with Gasteiger partial charge in [0.15, 0.2) is 5.82 Å². The predicted octanol–water partition coefficient (Wildman–Crippen LogP) is 3.91. The van der Waals surface area contributed by atoms with Crippen molar-refractivity contribution >= 4 is 28.8 Å². The lowest BCUT2D eigenvalue weighted by molar-refractivity contribution is -0.136. The number of ether oxygens (including phenoxy) is 1. The number of hydrogen-bond acceptors (Lipinski definition) is 7. The van der Waals surface area contributed by atoms with Gasteiger partial charge in [-0.3, -0.25) is 4.79 Å². The molecule has 0 aliphatic rings. The molecule has 0 radical (unpaired) electrons. The number of rotatable bonds is 7. The summed E-state index contributed by atoms with van der Waals surface area (Å²) in [7, 11) is 1.31. The van der Waals surface area contributed by atoms with Gasteiger partial charge in [-0.15, -0.1) is 0 Å². The van der Waals surface area contributed by atoms with E-state index in [0.717, 1.165) is 16.9 Å². The Balaban J connectivity index is 1.61. The lowest BCUT2D eigenvalue weighted by atomic mass is 10.1. The van der Waals surface area contributed by atoms with E-state index in [-0.39, 0.29) is 41.5 Å². The van der Waals surface area contributed by atoms with Crippen LogP contribution < -0.4 is 15.8 Å². The number of fused-ring (bicyclic) bond motifs is 1. The second kappa shape index (κ2) is 9.99. The molecule has 1 atom stereocenters. The third-order valence-electron chi connectivity index (χ3n) is 5.43. The predicted molar refractivity (Wildman–Crippen MR) is 126 cm³/mol. The first-order valence-corrected chi connectivity index (χ1v) is 10.9. The SMILES string of the molecule is COc1ncc(-c2cc(C(F)(F)F)c3c(N)ncnn23)cc1C(=O)NCCC(O)c1ccc(Cl)cc1. The van der Waals surface area contributed by atoms with Crippen LogP contribution >= 0.6 is 11.6 Å². The van der Waals surface area contributed by atoms with Crippen molar-refractivity contribution in [2.45, 2.75) is 18.7 Å². The Labute approximate surface area is 207 Å². The summed E-state index contributed by atoms with van der Waals surface area (Å²) in [6, 6.07) is 8.87. The number of aliphatic hydroxyl groups is 1. The summed E-state index contributed by atoms with van der Waals surface area (Å²) in [6.45, 7) is 0.103. The zero-order chi connectivity index (χ0) is 26.0. The highest BCUT2D eigenvalue weighted by Gasteiger charge is 2.36. The molecular weight excluding hydrogens is 501 g/mol. The van der Waals surface area contributed by atoms with E-state index in [0.29, 0.717) is 10.6 Å². The van der Waals surface area contributed by atoms with Gasteiger partial charge in [0.05, 0.1) is 24.5 Å². The topological polar surface area (TPSA) is 128 Å². The van der Waals surface area contributed by atoms with E-state index in [1.165, 1.54) is 19.4 Å². The van der Waals surface area contributed by atoms with Gasteiger partial charge in [-0.2, -0.15) is 18.3 Å². The second-order valence-corrected chi connectivity index (χ2v) is 8.18. The third kappa shape index (κ3) is 5.04. The zero-order valence-electron chi connectivity index (χ0n) is 18.8. The highest BCUT2D eigenvalue weighted by atomic mass is 35.5. The van der Waals surface area contributed by atoms with E-state index in [1.54, 1.807) is 24.3 Å². The number of aliphatic hydroxyl groups excluding tert-OH is 1. The number of aromatic nitrogens is 4. The summed E-state index contributed by atoms with van der Waals surface area (Å²) >= 11 is 5.85. The fraction of sp³-hybridized carbons (Fsp3) is 0.217. The molecule has 4 rings (SSSR count). The van der Waals surface area contributed by atoms with Gasteiger partial charge in [0, 0.05) is 23.3 Å². The van der Waals surface area contributed by atoms with Crippen LogP contribution in [0.25, 0.3) is 16.8 Å². The number of carbonyl (C=O) groups is 1. The third-order valence-corrected chi connectivity index (χ3v) is 5.68. The Morgan fingerprint density at radius 2 is 1.97 bits per heavy atom. The smallest absolute Gasteiger partial charge is 0.418 e. The van der Waals surface area contributed by atoms with Gasteiger partial charge >= 0.3 is 6.18 Å². The molecule has 1 aromatic carbocycles. The molecule has 0 aliphatic heterocycles. The molecule has 3 heterocycles. The molecule has 0 saturated carbocycles. The summed E-state index contributed by atoms with van der Waals surface area (Å²) < 4.78 is 47.1. The first kappa shape index (κ1) is 25.2. The number of carbonyl (C=O) groups excluding carboxylic acids is 1. The Hall–Kier alpha value is -3.90. The fourth-order valence-corrected chi connectivity index (χ4v) is 3.80. The molecule has 0 saturated heterocycles. The number of alkyl halides is 3. The van der Waals surface area contributed by atoms with Gasteiger partial charge in [0.2, 0.25) is 5.88 Å². The van der Waals surface area contributed by atoms with Crippen molar-refractivity contribution in [2.24, 2.45) is 0 Å². The van der Waals surface area contributed by atoms with Crippen LogP contribution in [-0.4, -0.2) is 44.3 Å². The molecule has 9 nitrogen and oxygen atoms in total. The minimum Gasteiger partial charge on any atom is -0.480 e. The van der Waals surface area contributed by atoms with Crippen LogP contribution in [0.4, 0.5) is 19.0 Å². The molecule has 1 amide bonds. The van der Waals surface area contributed by atoms with E-state index in [9.17, 15) is 23.1 Å². The molecule has 0 fully saturated rings. The van der Waals surface area contributed by atoms with Gasteiger partial charge < -0.3 is 20.9 Å². The Kier molecular flexibility index (Phi) is 7.00. The van der Waals surface area contributed by atoms with Gasteiger partial charge in [-0.05, 0) is 36.2 Å². The number of nitrogens with one attached hydrogen (secondary N) is 1. The summed E-state index contributed by atoms with van der Waals surface area (Å²) in [5.74, 6) is -0.960. The quantitative estimate of drug-likeness (QED) is 0.337.